The molecule has 7 heteroatoms. The lowest BCUT2D eigenvalue weighted by Gasteiger charge is -2.15. The van der Waals surface area contributed by atoms with Crippen LogP contribution in [-0.4, -0.2) is 27.9 Å². The first-order valence-electron chi connectivity index (χ1n) is 9.44. The van der Waals surface area contributed by atoms with Crippen LogP contribution in [0.15, 0.2) is 95.5 Å². The zero-order chi connectivity index (χ0) is 22.2. The van der Waals surface area contributed by atoms with E-state index in [2.05, 4.69) is 4.99 Å². The zero-order valence-electron chi connectivity index (χ0n) is 16.5. The Balaban J connectivity index is 2.21. The fourth-order valence-electron chi connectivity index (χ4n) is 3.01. The number of carbonyl (C=O) groups is 2. The van der Waals surface area contributed by atoms with Gasteiger partial charge in [0.2, 0.25) is 5.91 Å². The van der Waals surface area contributed by atoms with Crippen molar-refractivity contribution in [2.45, 2.75) is 6.42 Å². The van der Waals surface area contributed by atoms with Crippen molar-refractivity contribution in [2.75, 3.05) is 0 Å². The molecule has 156 valence electrons. The van der Waals surface area contributed by atoms with Crippen molar-refractivity contribution in [2.24, 2.45) is 10.7 Å². The van der Waals surface area contributed by atoms with Gasteiger partial charge in [-0.05, 0) is 29.8 Å². The first-order valence-corrected chi connectivity index (χ1v) is 9.44. The van der Waals surface area contributed by atoms with Crippen LogP contribution in [0.25, 0.3) is 5.70 Å². The molecule has 0 saturated carbocycles. The van der Waals surface area contributed by atoms with Crippen molar-refractivity contribution in [3.63, 3.8) is 0 Å². The number of carboxylic acid groups (broad SMARTS) is 1. The van der Waals surface area contributed by atoms with Crippen LogP contribution in [0.4, 0.5) is 5.69 Å². The highest BCUT2D eigenvalue weighted by molar-refractivity contribution is 6.19. The average molecular weight is 415 g/mol. The predicted molar refractivity (Wildman–Crippen MR) is 118 cm³/mol. The minimum Gasteiger partial charge on any atom is -0.478 e. The zero-order valence-corrected chi connectivity index (χ0v) is 16.5. The van der Waals surface area contributed by atoms with E-state index in [9.17, 15) is 9.59 Å². The first-order chi connectivity index (χ1) is 15.0. The Labute approximate surface area is 179 Å². The number of rotatable bonds is 7. The van der Waals surface area contributed by atoms with Crippen molar-refractivity contribution < 1.29 is 19.9 Å². The van der Waals surface area contributed by atoms with E-state index in [0.717, 1.165) is 0 Å². The molecule has 0 fully saturated rings. The number of nitrogens with zero attached hydrogens (tertiary/aromatic N) is 1. The number of amides is 1. The van der Waals surface area contributed by atoms with Crippen molar-refractivity contribution in [1.82, 2.24) is 5.48 Å². The summed E-state index contributed by atoms with van der Waals surface area (Å²) in [5.74, 6) is -1.67. The maximum atomic E-state index is 12.1. The topological polar surface area (TPSA) is 125 Å². The number of aliphatic imine (C=N–C) groups is 1. The van der Waals surface area contributed by atoms with E-state index in [-0.39, 0.29) is 12.0 Å². The molecule has 1 amide bonds. The van der Waals surface area contributed by atoms with Crippen molar-refractivity contribution in [1.29, 1.82) is 0 Å². The molecule has 3 aromatic rings. The number of hydrogen-bond donors (Lipinski definition) is 4. The Kier molecular flexibility index (Phi) is 6.93. The van der Waals surface area contributed by atoms with Crippen LogP contribution >= 0.6 is 0 Å². The summed E-state index contributed by atoms with van der Waals surface area (Å²) in [6.07, 6.45) is -0.210. The summed E-state index contributed by atoms with van der Waals surface area (Å²) >= 11 is 0. The molecule has 0 heterocycles. The lowest BCUT2D eigenvalue weighted by atomic mass is 9.94. The number of hydrogen-bond acceptors (Lipinski definition) is 5. The predicted octanol–water partition coefficient (Wildman–Crippen LogP) is 3.77. The second-order valence-corrected chi connectivity index (χ2v) is 6.65. The number of nitrogens with two attached hydrogens (primary N) is 1. The van der Waals surface area contributed by atoms with E-state index >= 15 is 0 Å². The third kappa shape index (κ3) is 5.43. The normalized spacial score (nSPS) is 12.1. The van der Waals surface area contributed by atoms with E-state index in [1.54, 1.807) is 17.6 Å². The fraction of sp³-hybridized carbons (Fsp3) is 0.0417. The summed E-state index contributed by atoms with van der Waals surface area (Å²) < 4.78 is 0. The largest absolute Gasteiger partial charge is 0.478 e. The van der Waals surface area contributed by atoms with Crippen LogP contribution in [0.5, 0.6) is 0 Å². The number of hydroxylamine groups is 1. The van der Waals surface area contributed by atoms with E-state index in [4.69, 9.17) is 16.0 Å². The Morgan fingerprint density at radius 2 is 1.35 bits per heavy atom. The van der Waals surface area contributed by atoms with E-state index < -0.39 is 11.9 Å². The average Bonchev–Trinajstić information content (AvgIpc) is 2.82. The summed E-state index contributed by atoms with van der Waals surface area (Å²) in [6, 6.07) is 24.4. The lowest BCUT2D eigenvalue weighted by Crippen LogP contribution is -2.23. The van der Waals surface area contributed by atoms with Crippen LogP contribution in [0.2, 0.25) is 0 Å². The number of carbonyl (C=O) groups excluding carboxylic acids is 1. The van der Waals surface area contributed by atoms with Gasteiger partial charge >= 0.3 is 5.97 Å². The molecule has 0 aromatic heterocycles. The molecular weight excluding hydrogens is 394 g/mol. The second-order valence-electron chi connectivity index (χ2n) is 6.65. The quantitative estimate of drug-likeness (QED) is 0.266. The lowest BCUT2D eigenvalue weighted by molar-refractivity contribution is -0.128. The van der Waals surface area contributed by atoms with Gasteiger partial charge in [0.15, 0.2) is 0 Å². The van der Waals surface area contributed by atoms with Crippen LogP contribution in [-0.2, 0) is 4.79 Å². The van der Waals surface area contributed by atoms with Crippen LogP contribution in [0.3, 0.4) is 0 Å². The summed E-state index contributed by atoms with van der Waals surface area (Å²) in [6.45, 7) is 0. The molecule has 0 saturated heterocycles. The Hall–Kier alpha value is -4.23. The standard InChI is InChI=1S/C24H21N3O4/c25-22(16-7-3-1-4-8-16)20(15-21(28)27-31)23(17-9-5-2-6-10-17)26-19-13-11-18(12-14-19)24(29)30/h1-14,31H,15,25H2,(H,27,28)(H,29,30). The van der Waals surface area contributed by atoms with Gasteiger partial charge in [0.25, 0.3) is 0 Å². The van der Waals surface area contributed by atoms with Gasteiger partial charge in [-0.2, -0.15) is 0 Å². The Morgan fingerprint density at radius 3 is 1.87 bits per heavy atom. The van der Waals surface area contributed by atoms with Gasteiger partial charge in [-0.1, -0.05) is 60.7 Å². The summed E-state index contributed by atoms with van der Waals surface area (Å²) in [7, 11) is 0. The molecule has 3 rings (SSSR count). The van der Waals surface area contributed by atoms with E-state index in [0.29, 0.717) is 33.8 Å². The molecule has 3 aromatic carbocycles. The van der Waals surface area contributed by atoms with Gasteiger partial charge < -0.3 is 10.8 Å². The van der Waals surface area contributed by atoms with Crippen molar-refractivity contribution in [3.05, 3.63) is 107 Å². The van der Waals surface area contributed by atoms with Gasteiger partial charge in [0.05, 0.1) is 23.4 Å². The third-order valence-corrected chi connectivity index (χ3v) is 4.56. The molecule has 0 atom stereocenters. The van der Waals surface area contributed by atoms with Crippen molar-refractivity contribution >= 4 is 29.0 Å². The van der Waals surface area contributed by atoms with E-state index in [1.807, 2.05) is 60.7 Å². The van der Waals surface area contributed by atoms with Gasteiger partial charge in [0, 0.05) is 16.8 Å². The van der Waals surface area contributed by atoms with Gasteiger partial charge in [-0.25, -0.2) is 15.3 Å². The van der Waals surface area contributed by atoms with E-state index in [1.165, 1.54) is 12.1 Å². The molecule has 0 bridgehead atoms. The van der Waals surface area contributed by atoms with Gasteiger partial charge in [0.1, 0.15) is 0 Å². The van der Waals surface area contributed by atoms with Crippen LogP contribution in [0.1, 0.15) is 27.9 Å². The Morgan fingerprint density at radius 1 is 0.806 bits per heavy atom. The molecule has 7 nitrogen and oxygen atoms in total. The van der Waals surface area contributed by atoms with Crippen LogP contribution in [0, 0.1) is 0 Å². The molecule has 0 spiro atoms. The Bertz CT molecular complexity index is 1120. The minimum atomic E-state index is -1.03. The summed E-state index contributed by atoms with van der Waals surface area (Å²) in [5, 5.41) is 18.2. The maximum absolute atomic E-state index is 12.1. The highest BCUT2D eigenvalue weighted by Crippen LogP contribution is 2.25. The highest BCUT2D eigenvalue weighted by Gasteiger charge is 2.19. The third-order valence-electron chi connectivity index (χ3n) is 4.56. The van der Waals surface area contributed by atoms with Gasteiger partial charge in [-0.15, -0.1) is 0 Å². The molecule has 5 N–H and O–H groups in total. The second kappa shape index (κ2) is 10.00. The smallest absolute Gasteiger partial charge is 0.335 e. The minimum absolute atomic E-state index is 0.138. The molecule has 0 radical (unpaired) electrons. The number of carboxylic acids is 1. The van der Waals surface area contributed by atoms with Gasteiger partial charge in [-0.3, -0.25) is 10.0 Å². The molecule has 0 aliphatic carbocycles. The molecule has 0 aliphatic rings. The first kappa shape index (κ1) is 21.5. The maximum Gasteiger partial charge on any atom is 0.335 e. The molecule has 31 heavy (non-hydrogen) atoms. The van der Waals surface area contributed by atoms with Crippen LogP contribution < -0.4 is 11.2 Å². The monoisotopic (exact) mass is 415 g/mol. The number of aromatic carboxylic acids is 1. The highest BCUT2D eigenvalue weighted by atomic mass is 16.5. The molecule has 0 aliphatic heterocycles. The fourth-order valence-corrected chi connectivity index (χ4v) is 3.01. The molecule has 0 unspecified atom stereocenters. The number of benzene rings is 3. The SMILES string of the molecule is NC(=C(CC(=O)NO)C(=Nc1ccc(C(=O)O)cc1)c1ccccc1)c1ccccc1. The van der Waals surface area contributed by atoms with Crippen molar-refractivity contribution in [3.8, 4) is 0 Å². The molecular formula is C24H21N3O4. The summed E-state index contributed by atoms with van der Waals surface area (Å²) in [5.41, 5.74) is 11.3. The number of nitrogens with one attached hydrogen (secondary N) is 1. The summed E-state index contributed by atoms with van der Waals surface area (Å²) in [4.78, 5) is 27.9.